The van der Waals surface area contributed by atoms with Gasteiger partial charge < -0.3 is 24.7 Å². The van der Waals surface area contributed by atoms with E-state index in [0.717, 1.165) is 82.5 Å². The van der Waals surface area contributed by atoms with E-state index in [1.165, 1.54) is 0 Å². The van der Waals surface area contributed by atoms with Gasteiger partial charge in [-0.25, -0.2) is 9.78 Å². The fourth-order valence-electron chi connectivity index (χ4n) is 6.21. The van der Waals surface area contributed by atoms with Crippen molar-refractivity contribution in [3.8, 4) is 0 Å². The van der Waals surface area contributed by atoms with E-state index in [9.17, 15) is 14.7 Å². The van der Waals surface area contributed by atoms with Crippen LogP contribution in [0.4, 0.5) is 10.6 Å². The highest BCUT2D eigenvalue weighted by Gasteiger charge is 2.51. The smallest absolute Gasteiger partial charge is 0.320 e. The molecule has 4 heterocycles. The molecule has 1 N–H and O–H groups in total. The van der Waals surface area contributed by atoms with E-state index in [4.69, 9.17) is 0 Å². The lowest BCUT2D eigenvalue weighted by molar-refractivity contribution is -0.141. The van der Waals surface area contributed by atoms with Crippen LogP contribution in [0.2, 0.25) is 0 Å². The number of likely N-dealkylation sites (tertiary alicyclic amines) is 2. The number of aliphatic hydroxyl groups is 1. The largest absolute Gasteiger partial charge is 0.393 e. The van der Waals surface area contributed by atoms with Crippen molar-refractivity contribution in [2.45, 2.75) is 64.0 Å². The van der Waals surface area contributed by atoms with Crippen LogP contribution in [-0.4, -0.2) is 94.7 Å². The molecule has 3 saturated heterocycles. The molecule has 1 aliphatic carbocycles. The highest BCUT2D eigenvalue weighted by molar-refractivity contribution is 5.86. The lowest BCUT2D eigenvalue weighted by Crippen LogP contribution is -2.57. The Hall–Kier alpha value is -2.35. The maximum absolute atomic E-state index is 13.5. The molecule has 1 aromatic heterocycles. The molecule has 8 heteroatoms. The molecule has 0 aromatic carbocycles. The number of piperidine rings is 1. The summed E-state index contributed by atoms with van der Waals surface area (Å²) >= 11 is 0. The first-order valence-corrected chi connectivity index (χ1v) is 12.7. The number of nitrogens with zero attached hydrogens (tertiary/aromatic N) is 5. The summed E-state index contributed by atoms with van der Waals surface area (Å²) in [4.78, 5) is 39.6. The number of anilines is 1. The summed E-state index contributed by atoms with van der Waals surface area (Å²) in [6.45, 7) is 7.04. The fourth-order valence-corrected chi connectivity index (χ4v) is 6.21. The normalized spacial score (nSPS) is 30.9. The van der Waals surface area contributed by atoms with E-state index < -0.39 is 5.41 Å². The second kappa shape index (κ2) is 9.12. The monoisotopic (exact) mass is 455 g/mol. The van der Waals surface area contributed by atoms with Crippen molar-refractivity contribution in [1.29, 1.82) is 0 Å². The van der Waals surface area contributed by atoms with Gasteiger partial charge >= 0.3 is 6.03 Å². The van der Waals surface area contributed by atoms with E-state index in [2.05, 4.69) is 20.9 Å². The van der Waals surface area contributed by atoms with Crippen molar-refractivity contribution < 1.29 is 14.7 Å². The Morgan fingerprint density at radius 1 is 1.00 bits per heavy atom. The zero-order chi connectivity index (χ0) is 23.0. The number of rotatable bonds is 2. The van der Waals surface area contributed by atoms with Gasteiger partial charge in [0.15, 0.2) is 0 Å². The summed E-state index contributed by atoms with van der Waals surface area (Å²) in [5, 5.41) is 9.83. The minimum atomic E-state index is -0.405. The van der Waals surface area contributed by atoms with Gasteiger partial charge in [0.2, 0.25) is 5.91 Å². The van der Waals surface area contributed by atoms with Gasteiger partial charge in [-0.1, -0.05) is 6.07 Å². The lowest BCUT2D eigenvalue weighted by Gasteiger charge is -2.43. The molecule has 1 saturated carbocycles. The summed E-state index contributed by atoms with van der Waals surface area (Å²) in [7, 11) is 0. The maximum atomic E-state index is 13.5. The van der Waals surface area contributed by atoms with Crippen LogP contribution >= 0.6 is 0 Å². The van der Waals surface area contributed by atoms with Crippen molar-refractivity contribution in [1.82, 2.24) is 19.7 Å². The van der Waals surface area contributed by atoms with Gasteiger partial charge in [-0.2, -0.15) is 0 Å². The Labute approximate surface area is 196 Å². The molecule has 33 heavy (non-hydrogen) atoms. The minimum absolute atomic E-state index is 0.0811. The molecular weight excluding hydrogens is 418 g/mol. The molecule has 3 aliphatic heterocycles. The number of carbonyl (C=O) groups excluding carboxylic acids is 2. The van der Waals surface area contributed by atoms with Crippen molar-refractivity contribution in [3.05, 3.63) is 23.9 Å². The molecule has 1 aromatic rings. The standard InChI is InChI=1S/C25H37N5O3/c1-19-3-8-22(26-17-19)27-13-15-28(16-14-27)24(33)29-11-2-9-25(18-29)10-12-30(23(25)32)20-4-6-21(31)7-5-20/h3,8,17,20-21,31H,2,4-7,9-16,18H2,1H3/t20-,21-,25?. The van der Waals surface area contributed by atoms with Crippen molar-refractivity contribution in [2.24, 2.45) is 5.41 Å². The maximum Gasteiger partial charge on any atom is 0.320 e. The Morgan fingerprint density at radius 3 is 2.45 bits per heavy atom. The Bertz CT molecular complexity index is 861. The summed E-state index contributed by atoms with van der Waals surface area (Å²) in [6, 6.07) is 4.46. The van der Waals surface area contributed by atoms with E-state index in [1.807, 2.05) is 29.0 Å². The number of hydrogen-bond donors (Lipinski definition) is 1. The zero-order valence-electron chi connectivity index (χ0n) is 19.8. The second-order valence-electron chi connectivity index (χ2n) is 10.5. The predicted octanol–water partition coefficient (Wildman–Crippen LogP) is 2.25. The lowest BCUT2D eigenvalue weighted by atomic mass is 9.78. The van der Waals surface area contributed by atoms with Gasteiger partial charge in [-0.15, -0.1) is 0 Å². The molecule has 4 fully saturated rings. The van der Waals surface area contributed by atoms with Gasteiger partial charge in [0, 0.05) is 58.1 Å². The average molecular weight is 456 g/mol. The molecule has 1 unspecified atom stereocenters. The van der Waals surface area contributed by atoms with Gasteiger partial charge in [-0.3, -0.25) is 4.79 Å². The number of carbonyl (C=O) groups is 2. The van der Waals surface area contributed by atoms with Crippen LogP contribution in [0.1, 0.15) is 50.5 Å². The van der Waals surface area contributed by atoms with Gasteiger partial charge in [-0.05, 0) is 63.5 Å². The van der Waals surface area contributed by atoms with E-state index in [-0.39, 0.29) is 24.1 Å². The average Bonchev–Trinajstić information content (AvgIpc) is 3.15. The first kappa shape index (κ1) is 22.4. The highest BCUT2D eigenvalue weighted by Crippen LogP contribution is 2.42. The molecule has 5 rings (SSSR count). The fraction of sp³-hybridized carbons (Fsp3) is 0.720. The number of amides is 3. The highest BCUT2D eigenvalue weighted by atomic mass is 16.3. The number of urea groups is 1. The second-order valence-corrected chi connectivity index (χ2v) is 10.5. The first-order chi connectivity index (χ1) is 15.9. The van der Waals surface area contributed by atoms with E-state index in [0.29, 0.717) is 19.6 Å². The van der Waals surface area contributed by atoms with Gasteiger partial charge in [0.05, 0.1) is 11.5 Å². The zero-order valence-corrected chi connectivity index (χ0v) is 19.8. The molecule has 180 valence electrons. The van der Waals surface area contributed by atoms with Crippen LogP contribution in [0.25, 0.3) is 0 Å². The van der Waals surface area contributed by atoms with Crippen LogP contribution < -0.4 is 4.90 Å². The molecule has 0 radical (unpaired) electrons. The molecule has 3 amide bonds. The summed E-state index contributed by atoms with van der Waals surface area (Å²) in [5.41, 5.74) is 0.741. The number of aromatic nitrogens is 1. The molecule has 0 bridgehead atoms. The number of pyridine rings is 1. The van der Waals surface area contributed by atoms with Crippen molar-refractivity contribution in [3.63, 3.8) is 0 Å². The topological polar surface area (TPSA) is 80.2 Å². The molecule has 8 nitrogen and oxygen atoms in total. The van der Waals surface area contributed by atoms with Crippen molar-refractivity contribution >= 4 is 17.8 Å². The summed E-state index contributed by atoms with van der Waals surface area (Å²) in [6.07, 6.45) is 7.66. The SMILES string of the molecule is Cc1ccc(N2CCN(C(=O)N3CCCC4(CCN([C@H]5CC[C@H](O)CC5)C4=O)C3)CC2)nc1. The number of hydrogen-bond acceptors (Lipinski definition) is 5. The third kappa shape index (κ3) is 4.42. The Morgan fingerprint density at radius 2 is 1.76 bits per heavy atom. The first-order valence-electron chi connectivity index (χ1n) is 12.7. The van der Waals surface area contributed by atoms with Crippen molar-refractivity contribution in [2.75, 3.05) is 50.7 Å². The molecule has 1 spiro atoms. The van der Waals surface area contributed by atoms with Crippen LogP contribution in [0.3, 0.4) is 0 Å². The molecular formula is C25H37N5O3. The van der Waals surface area contributed by atoms with E-state index in [1.54, 1.807) is 0 Å². The van der Waals surface area contributed by atoms with Crippen LogP contribution in [0.5, 0.6) is 0 Å². The predicted molar refractivity (Wildman–Crippen MR) is 126 cm³/mol. The number of aliphatic hydroxyl groups excluding tert-OH is 1. The number of aryl methyl sites for hydroxylation is 1. The third-order valence-electron chi connectivity index (χ3n) is 8.27. The summed E-state index contributed by atoms with van der Waals surface area (Å²) < 4.78 is 0. The Balaban J connectivity index is 1.18. The third-order valence-corrected chi connectivity index (χ3v) is 8.27. The molecule has 1 atom stereocenters. The van der Waals surface area contributed by atoms with Gasteiger partial charge in [0.25, 0.3) is 0 Å². The minimum Gasteiger partial charge on any atom is -0.393 e. The van der Waals surface area contributed by atoms with Gasteiger partial charge in [0.1, 0.15) is 5.82 Å². The van der Waals surface area contributed by atoms with Crippen LogP contribution in [0, 0.1) is 12.3 Å². The van der Waals surface area contributed by atoms with Crippen LogP contribution in [0.15, 0.2) is 18.3 Å². The van der Waals surface area contributed by atoms with E-state index >= 15 is 0 Å². The molecule has 4 aliphatic rings. The Kier molecular flexibility index (Phi) is 6.20. The summed E-state index contributed by atoms with van der Waals surface area (Å²) in [5.74, 6) is 1.22. The van der Waals surface area contributed by atoms with Crippen LogP contribution in [-0.2, 0) is 4.79 Å². The quantitative estimate of drug-likeness (QED) is 0.740. The number of piperazine rings is 1.